The summed E-state index contributed by atoms with van der Waals surface area (Å²) in [7, 11) is 17.3. The van der Waals surface area contributed by atoms with E-state index in [1.165, 1.54) is 11.1 Å². The summed E-state index contributed by atoms with van der Waals surface area (Å²) >= 11 is 0. The van der Waals surface area contributed by atoms with Crippen molar-refractivity contribution in [2.75, 3.05) is 5.73 Å². The first-order chi connectivity index (χ1) is 8.34. The predicted molar refractivity (Wildman–Crippen MR) is 75.2 cm³/mol. The van der Waals surface area contributed by atoms with Gasteiger partial charge in [0.1, 0.15) is 5.69 Å². The van der Waals surface area contributed by atoms with Crippen molar-refractivity contribution in [2.24, 2.45) is 0 Å². The van der Waals surface area contributed by atoms with Crippen LogP contribution in [0.5, 0.6) is 0 Å². The average molecular weight is 239 g/mol. The number of nitrogen functional groups attached to an aromatic ring is 1. The number of nitrogens with two attached hydrogens (primary N) is 1. The monoisotopic (exact) mass is 239 g/mol. The molecule has 1 aliphatic rings. The third kappa shape index (κ3) is 2.15. The molecule has 0 spiro atoms. The van der Waals surface area contributed by atoms with E-state index in [-0.39, 0.29) is 17.3 Å². The second-order valence-electron chi connectivity index (χ2n) is 5.14. The first-order valence-corrected chi connectivity index (χ1v) is 6.30. The second-order valence-corrected chi connectivity index (χ2v) is 5.14. The molecule has 90 valence electrons. The Morgan fingerprint density at radius 2 is 1.78 bits per heavy atom. The molecule has 1 saturated carbocycles. The number of anilines is 1. The van der Waals surface area contributed by atoms with Crippen molar-refractivity contribution in [1.29, 1.82) is 0 Å². The predicted octanol–water partition coefficient (Wildman–Crippen LogP) is 0.119. The summed E-state index contributed by atoms with van der Waals surface area (Å²) in [6.45, 7) is 1.71. The summed E-state index contributed by atoms with van der Waals surface area (Å²) in [4.78, 5) is 12.2. The van der Waals surface area contributed by atoms with Gasteiger partial charge in [-0.3, -0.25) is 4.79 Å². The van der Waals surface area contributed by atoms with Gasteiger partial charge in [0.15, 0.2) is 0 Å². The fourth-order valence-corrected chi connectivity index (χ4v) is 2.78. The van der Waals surface area contributed by atoms with Crippen LogP contribution in [0.4, 0.5) is 5.69 Å². The third-order valence-corrected chi connectivity index (χ3v) is 3.65. The first-order valence-electron chi connectivity index (χ1n) is 6.30. The highest BCUT2D eigenvalue weighted by Crippen LogP contribution is 2.29. The van der Waals surface area contributed by atoms with Crippen molar-refractivity contribution in [3.8, 4) is 0 Å². The molecule has 0 amide bonds. The van der Waals surface area contributed by atoms with Gasteiger partial charge < -0.3 is 10.4 Å². The summed E-state index contributed by atoms with van der Waals surface area (Å²) in [5, 5.41) is -1.61. The Balaban J connectivity index is 2.58. The molecule has 2 N–H and O–H groups in total. The lowest BCUT2D eigenvalue weighted by atomic mass is 9.49. The fourth-order valence-electron chi connectivity index (χ4n) is 2.78. The van der Waals surface area contributed by atoms with Crippen LogP contribution in [0.2, 0.25) is 0 Å². The van der Waals surface area contributed by atoms with Crippen molar-refractivity contribution < 1.29 is 0 Å². The Hall–Kier alpha value is -0.995. The lowest BCUT2D eigenvalue weighted by Gasteiger charge is -2.33. The largest absolute Gasteiger partial charge is 0.393 e. The van der Waals surface area contributed by atoms with E-state index in [1.807, 2.05) is 0 Å². The highest BCUT2D eigenvalue weighted by Gasteiger charge is 2.27. The number of hydrogen-bond donors (Lipinski definition) is 1. The van der Waals surface area contributed by atoms with Gasteiger partial charge in [0, 0.05) is 0 Å². The van der Waals surface area contributed by atoms with Gasteiger partial charge in [0.05, 0.1) is 35.3 Å². The topological polar surface area (TPSA) is 52.9 Å². The maximum atomic E-state index is 12.2. The Morgan fingerprint density at radius 1 is 1.22 bits per heavy atom. The maximum Gasteiger partial charge on any atom is 0.290 e. The first kappa shape index (κ1) is 13.4. The van der Waals surface area contributed by atoms with Crippen molar-refractivity contribution in [3.05, 3.63) is 16.0 Å². The molecule has 1 aromatic heterocycles. The van der Waals surface area contributed by atoms with Gasteiger partial charge in [-0.2, -0.15) is 0 Å². The zero-order valence-corrected chi connectivity index (χ0v) is 10.7. The molecule has 1 heterocycles. The van der Waals surface area contributed by atoms with Gasteiger partial charge in [-0.25, -0.2) is 4.68 Å². The van der Waals surface area contributed by atoms with Gasteiger partial charge >= 0.3 is 0 Å². The zero-order valence-electron chi connectivity index (χ0n) is 10.7. The molecule has 4 nitrogen and oxygen atoms in total. The van der Waals surface area contributed by atoms with E-state index in [2.05, 4.69) is 0 Å². The van der Waals surface area contributed by atoms with Crippen LogP contribution in [0, 0.1) is 6.92 Å². The summed E-state index contributed by atoms with van der Waals surface area (Å²) in [6.07, 6.45) is 5.24. The van der Waals surface area contributed by atoms with Gasteiger partial charge in [-0.1, -0.05) is 19.3 Å². The standard InChI is InChI=1S/C11H16B3N3O/c1-7-9(15)10(18)16(17(7)11(12,13)14)8-5-3-2-4-6-8/h8H,2-6,15H2,1H3. The minimum atomic E-state index is -1.61. The average Bonchev–Trinajstić information content (AvgIpc) is 2.54. The van der Waals surface area contributed by atoms with E-state index < -0.39 is 5.24 Å². The summed E-state index contributed by atoms with van der Waals surface area (Å²) in [5.74, 6) is 0. The zero-order chi connectivity index (χ0) is 13.5. The van der Waals surface area contributed by atoms with E-state index in [1.54, 1.807) is 11.6 Å². The molecular formula is C11H16B3N3O. The molecule has 1 fully saturated rings. The molecule has 0 aliphatic heterocycles. The molecule has 2 rings (SSSR count). The minimum absolute atomic E-state index is 0.0808. The SMILES string of the molecule is [B]C([B])([B])n1c(C)c(N)c(=O)n1C1CCCCC1. The van der Waals surface area contributed by atoms with E-state index in [0.717, 1.165) is 25.7 Å². The molecule has 1 aromatic rings. The van der Waals surface area contributed by atoms with Crippen LogP contribution < -0.4 is 11.3 Å². The molecule has 1 aliphatic carbocycles. The summed E-state index contributed by atoms with van der Waals surface area (Å²) < 4.78 is 2.98. The number of rotatable bonds is 2. The van der Waals surface area contributed by atoms with Crippen LogP contribution in [0.25, 0.3) is 0 Å². The molecule has 0 bridgehead atoms. The van der Waals surface area contributed by atoms with E-state index in [0.29, 0.717) is 5.69 Å². The van der Waals surface area contributed by atoms with Crippen LogP contribution in [-0.2, 0) is 5.24 Å². The van der Waals surface area contributed by atoms with Crippen LogP contribution >= 0.6 is 0 Å². The van der Waals surface area contributed by atoms with Crippen molar-refractivity contribution in [1.82, 2.24) is 9.36 Å². The van der Waals surface area contributed by atoms with Gasteiger partial charge in [-0.15, -0.1) is 0 Å². The summed E-state index contributed by atoms with van der Waals surface area (Å²) in [5.41, 5.74) is 6.24. The lowest BCUT2D eigenvalue weighted by molar-refractivity contribution is 0.282. The Morgan fingerprint density at radius 3 is 2.28 bits per heavy atom. The van der Waals surface area contributed by atoms with Crippen LogP contribution in [-0.4, -0.2) is 32.9 Å². The molecule has 0 saturated heterocycles. The molecule has 6 radical (unpaired) electrons. The highest BCUT2D eigenvalue weighted by atomic mass is 16.1. The Bertz CT molecular complexity index is 495. The molecule has 0 unspecified atom stereocenters. The molecular weight excluding hydrogens is 223 g/mol. The Labute approximate surface area is 111 Å². The number of hydrogen-bond acceptors (Lipinski definition) is 2. The van der Waals surface area contributed by atoms with Gasteiger partial charge in [0.25, 0.3) is 5.56 Å². The summed E-state index contributed by atoms with van der Waals surface area (Å²) in [6, 6.07) is 0.0808. The van der Waals surface area contributed by atoms with Crippen LogP contribution in [0.3, 0.4) is 0 Å². The second kappa shape index (κ2) is 4.59. The normalized spacial score (nSPS) is 18.1. The van der Waals surface area contributed by atoms with Gasteiger partial charge in [-0.05, 0) is 25.0 Å². The highest BCUT2D eigenvalue weighted by molar-refractivity contribution is 6.56. The smallest absolute Gasteiger partial charge is 0.290 e. The van der Waals surface area contributed by atoms with Crippen LogP contribution in [0.1, 0.15) is 43.8 Å². The van der Waals surface area contributed by atoms with Crippen molar-refractivity contribution in [3.63, 3.8) is 0 Å². The quantitative estimate of drug-likeness (QED) is 0.745. The Kier molecular flexibility index (Phi) is 3.43. The molecule has 0 atom stereocenters. The molecule has 7 heteroatoms. The van der Waals surface area contributed by atoms with E-state index in [9.17, 15) is 4.79 Å². The van der Waals surface area contributed by atoms with Crippen molar-refractivity contribution in [2.45, 2.75) is 50.3 Å². The number of aromatic nitrogens is 2. The van der Waals surface area contributed by atoms with Crippen molar-refractivity contribution >= 4 is 29.2 Å². The fraction of sp³-hybridized carbons (Fsp3) is 0.727. The number of nitrogens with zero attached hydrogens (tertiary/aromatic N) is 2. The van der Waals surface area contributed by atoms with E-state index in [4.69, 9.17) is 29.3 Å². The molecule has 0 aromatic carbocycles. The lowest BCUT2D eigenvalue weighted by Crippen LogP contribution is -2.43. The minimum Gasteiger partial charge on any atom is -0.393 e. The van der Waals surface area contributed by atoms with Gasteiger partial charge in [0.2, 0.25) is 0 Å². The maximum absolute atomic E-state index is 12.2. The van der Waals surface area contributed by atoms with Crippen LogP contribution in [0.15, 0.2) is 4.79 Å². The molecule has 18 heavy (non-hydrogen) atoms. The third-order valence-electron chi connectivity index (χ3n) is 3.65. The van der Waals surface area contributed by atoms with E-state index >= 15 is 0 Å².